The van der Waals surface area contributed by atoms with Crippen molar-refractivity contribution in [2.75, 3.05) is 17.1 Å². The molecule has 0 aliphatic carbocycles. The number of hydrogen-bond acceptors (Lipinski definition) is 4. The summed E-state index contributed by atoms with van der Waals surface area (Å²) in [5, 5.41) is 2.84. The topological polar surface area (TPSA) is 84.3 Å². The van der Waals surface area contributed by atoms with E-state index < -0.39 is 16.1 Å². The Morgan fingerprint density at radius 3 is 2.60 bits per heavy atom. The Bertz CT molecular complexity index is 760. The first-order valence-corrected chi connectivity index (χ1v) is 10.1. The van der Waals surface area contributed by atoms with Crippen molar-refractivity contribution >= 4 is 21.6 Å². The Hall–Kier alpha value is -2.35. The van der Waals surface area contributed by atoms with Crippen LogP contribution in [0.1, 0.15) is 19.8 Å². The SMILES string of the molecule is CC[C@@H](C(=O)NCCCn1ccnc1)N(c1ccccc1)S(C)(=O)=O. The van der Waals surface area contributed by atoms with Gasteiger partial charge >= 0.3 is 0 Å². The third-order valence-electron chi connectivity index (χ3n) is 3.79. The van der Waals surface area contributed by atoms with E-state index in [1.807, 2.05) is 10.8 Å². The number of nitrogens with one attached hydrogen (secondary N) is 1. The third kappa shape index (κ3) is 5.32. The smallest absolute Gasteiger partial charge is 0.243 e. The van der Waals surface area contributed by atoms with Gasteiger partial charge in [-0.1, -0.05) is 25.1 Å². The van der Waals surface area contributed by atoms with Crippen LogP contribution in [0.4, 0.5) is 5.69 Å². The maximum Gasteiger partial charge on any atom is 0.243 e. The average Bonchev–Trinajstić information content (AvgIpc) is 3.09. The minimum absolute atomic E-state index is 0.289. The van der Waals surface area contributed by atoms with Crippen LogP contribution in [-0.2, 0) is 21.4 Å². The Kier molecular flexibility index (Phi) is 6.58. The molecule has 8 heteroatoms. The van der Waals surface area contributed by atoms with Gasteiger partial charge in [-0.25, -0.2) is 13.4 Å². The Balaban J connectivity index is 2.03. The summed E-state index contributed by atoms with van der Waals surface area (Å²) in [6, 6.07) is 7.92. The molecule has 0 saturated heterocycles. The number of anilines is 1. The first-order valence-electron chi connectivity index (χ1n) is 8.21. The van der Waals surface area contributed by atoms with E-state index in [0.29, 0.717) is 18.7 Å². The summed E-state index contributed by atoms with van der Waals surface area (Å²) in [6.45, 7) is 3.02. The van der Waals surface area contributed by atoms with Gasteiger partial charge in [-0.2, -0.15) is 0 Å². The lowest BCUT2D eigenvalue weighted by Gasteiger charge is -2.30. The quantitative estimate of drug-likeness (QED) is 0.686. The fourth-order valence-electron chi connectivity index (χ4n) is 2.65. The molecule has 7 nitrogen and oxygen atoms in total. The molecule has 1 N–H and O–H groups in total. The average molecular weight is 364 g/mol. The molecule has 0 spiro atoms. The third-order valence-corrected chi connectivity index (χ3v) is 4.97. The molecule has 1 amide bonds. The Labute approximate surface area is 148 Å². The van der Waals surface area contributed by atoms with E-state index in [-0.39, 0.29) is 5.91 Å². The molecule has 136 valence electrons. The Morgan fingerprint density at radius 1 is 1.32 bits per heavy atom. The second-order valence-electron chi connectivity index (χ2n) is 5.76. The van der Waals surface area contributed by atoms with Gasteiger partial charge in [-0.15, -0.1) is 0 Å². The number of aromatic nitrogens is 2. The highest BCUT2D eigenvalue weighted by atomic mass is 32.2. The highest BCUT2D eigenvalue weighted by Crippen LogP contribution is 2.21. The molecule has 25 heavy (non-hydrogen) atoms. The summed E-state index contributed by atoms with van der Waals surface area (Å²) in [5.41, 5.74) is 0.491. The van der Waals surface area contributed by atoms with Crippen LogP contribution in [0.2, 0.25) is 0 Å². The molecule has 1 aromatic carbocycles. The molecule has 0 aliphatic rings. The monoisotopic (exact) mass is 364 g/mol. The maximum absolute atomic E-state index is 12.6. The van der Waals surface area contributed by atoms with E-state index in [4.69, 9.17) is 0 Å². The number of amides is 1. The van der Waals surface area contributed by atoms with Crippen LogP contribution in [0.15, 0.2) is 49.1 Å². The van der Waals surface area contributed by atoms with Crippen LogP contribution in [0.3, 0.4) is 0 Å². The fraction of sp³-hybridized carbons (Fsp3) is 0.412. The molecule has 0 bridgehead atoms. The number of carbonyl (C=O) groups is 1. The number of imidazole rings is 1. The molecule has 1 atom stereocenters. The van der Waals surface area contributed by atoms with Crippen molar-refractivity contribution in [3.63, 3.8) is 0 Å². The molecular formula is C17H24N4O3S. The van der Waals surface area contributed by atoms with Gasteiger partial charge in [0.25, 0.3) is 0 Å². The summed E-state index contributed by atoms with van der Waals surface area (Å²) in [5.74, 6) is -0.289. The van der Waals surface area contributed by atoms with E-state index >= 15 is 0 Å². The standard InChI is InChI=1S/C17H24N4O3S/c1-3-16(17(22)19-10-7-12-20-13-11-18-14-20)21(25(2,23)24)15-8-5-4-6-9-15/h4-6,8-9,11,13-14,16H,3,7,10,12H2,1-2H3,(H,19,22)/t16-/m0/s1. The summed E-state index contributed by atoms with van der Waals surface area (Å²) < 4.78 is 27.6. The van der Waals surface area contributed by atoms with Gasteiger partial charge < -0.3 is 9.88 Å². The van der Waals surface area contributed by atoms with Gasteiger partial charge in [0, 0.05) is 25.5 Å². The minimum Gasteiger partial charge on any atom is -0.354 e. The van der Waals surface area contributed by atoms with Gasteiger partial charge in [-0.05, 0) is 25.0 Å². The number of benzene rings is 1. The van der Waals surface area contributed by atoms with Crippen molar-refractivity contribution in [1.29, 1.82) is 0 Å². The van der Waals surface area contributed by atoms with E-state index in [1.54, 1.807) is 49.8 Å². The number of carbonyl (C=O) groups excluding carboxylic acids is 1. The largest absolute Gasteiger partial charge is 0.354 e. The van der Waals surface area contributed by atoms with Crippen molar-refractivity contribution in [1.82, 2.24) is 14.9 Å². The molecule has 0 aliphatic heterocycles. The molecule has 0 unspecified atom stereocenters. The second kappa shape index (κ2) is 8.66. The molecule has 2 aromatic rings. The zero-order valence-corrected chi connectivity index (χ0v) is 15.3. The van der Waals surface area contributed by atoms with Crippen molar-refractivity contribution in [3.05, 3.63) is 49.1 Å². The highest BCUT2D eigenvalue weighted by molar-refractivity contribution is 7.92. The van der Waals surface area contributed by atoms with E-state index in [0.717, 1.165) is 19.2 Å². The molecule has 2 rings (SSSR count). The number of nitrogens with zero attached hydrogens (tertiary/aromatic N) is 3. The number of hydrogen-bond donors (Lipinski definition) is 1. The lowest BCUT2D eigenvalue weighted by molar-refractivity contribution is -0.122. The van der Waals surface area contributed by atoms with Crippen LogP contribution in [-0.4, -0.2) is 42.7 Å². The fourth-order valence-corrected chi connectivity index (χ4v) is 3.86. The lowest BCUT2D eigenvalue weighted by Crippen LogP contribution is -2.49. The maximum atomic E-state index is 12.6. The van der Waals surface area contributed by atoms with Crippen molar-refractivity contribution in [2.45, 2.75) is 32.4 Å². The van der Waals surface area contributed by atoms with Crippen molar-refractivity contribution in [3.8, 4) is 0 Å². The summed E-state index contributed by atoms with van der Waals surface area (Å²) in [6.07, 6.45) is 7.53. The zero-order chi connectivity index (χ0) is 18.3. The normalized spacial score (nSPS) is 12.6. The van der Waals surface area contributed by atoms with Gasteiger partial charge in [0.2, 0.25) is 15.9 Å². The second-order valence-corrected chi connectivity index (χ2v) is 7.62. The first kappa shape index (κ1) is 19.0. The first-order chi connectivity index (χ1) is 11.9. The summed E-state index contributed by atoms with van der Waals surface area (Å²) >= 11 is 0. The predicted molar refractivity (Wildman–Crippen MR) is 97.7 cm³/mol. The van der Waals surface area contributed by atoms with Crippen LogP contribution < -0.4 is 9.62 Å². The number of aryl methyl sites for hydroxylation is 1. The summed E-state index contributed by atoms with van der Waals surface area (Å²) in [4.78, 5) is 16.5. The van der Waals surface area contributed by atoms with E-state index in [2.05, 4.69) is 10.3 Å². The van der Waals surface area contributed by atoms with Gasteiger partial charge in [0.1, 0.15) is 6.04 Å². The lowest BCUT2D eigenvalue weighted by atomic mass is 10.2. The van der Waals surface area contributed by atoms with Gasteiger partial charge in [0.05, 0.1) is 18.3 Å². The Morgan fingerprint density at radius 2 is 2.04 bits per heavy atom. The van der Waals surface area contributed by atoms with Gasteiger partial charge in [0.15, 0.2) is 0 Å². The molecule has 0 fully saturated rings. The van der Waals surface area contributed by atoms with Gasteiger partial charge in [-0.3, -0.25) is 9.10 Å². The van der Waals surface area contributed by atoms with Crippen molar-refractivity contribution in [2.24, 2.45) is 0 Å². The van der Waals surface area contributed by atoms with Crippen LogP contribution in [0.25, 0.3) is 0 Å². The number of para-hydroxylation sites is 1. The number of rotatable bonds is 9. The summed E-state index contributed by atoms with van der Waals surface area (Å²) in [7, 11) is -3.58. The highest BCUT2D eigenvalue weighted by Gasteiger charge is 2.31. The minimum atomic E-state index is -3.58. The predicted octanol–water partition coefficient (Wildman–Crippen LogP) is 1.63. The van der Waals surface area contributed by atoms with Crippen LogP contribution in [0, 0.1) is 0 Å². The van der Waals surface area contributed by atoms with Crippen molar-refractivity contribution < 1.29 is 13.2 Å². The van der Waals surface area contributed by atoms with Crippen LogP contribution in [0.5, 0.6) is 0 Å². The number of sulfonamides is 1. The van der Waals surface area contributed by atoms with E-state index in [9.17, 15) is 13.2 Å². The molecule has 1 aromatic heterocycles. The zero-order valence-electron chi connectivity index (χ0n) is 14.5. The molecule has 0 radical (unpaired) electrons. The molecular weight excluding hydrogens is 340 g/mol. The van der Waals surface area contributed by atoms with Crippen LogP contribution >= 0.6 is 0 Å². The molecule has 1 heterocycles. The molecule has 0 saturated carbocycles. The van der Waals surface area contributed by atoms with E-state index in [1.165, 1.54) is 4.31 Å².